The third-order valence-electron chi connectivity index (χ3n) is 4.97. The summed E-state index contributed by atoms with van der Waals surface area (Å²) in [4.78, 5) is 15.0. The Labute approximate surface area is 186 Å². The van der Waals surface area contributed by atoms with Crippen molar-refractivity contribution >= 4 is 0 Å². The zero-order valence-electron chi connectivity index (χ0n) is 17.7. The van der Waals surface area contributed by atoms with Crippen LogP contribution in [0.1, 0.15) is 22.4 Å². The molecule has 1 aromatic heterocycles. The number of hydrogen-bond acceptors (Lipinski definition) is 4. The second kappa shape index (κ2) is 9.67. The fourth-order valence-electron chi connectivity index (χ4n) is 3.40. The molecule has 0 amide bonds. The van der Waals surface area contributed by atoms with Crippen LogP contribution < -0.4 is 15.0 Å². The van der Waals surface area contributed by atoms with E-state index < -0.39 is 5.56 Å². The van der Waals surface area contributed by atoms with E-state index >= 15 is 0 Å². The number of ether oxygens (including phenoxy) is 2. The largest absolute Gasteiger partial charge is 0.489 e. The van der Waals surface area contributed by atoms with E-state index in [2.05, 4.69) is 4.98 Å². The van der Waals surface area contributed by atoms with E-state index in [-0.39, 0.29) is 5.56 Å². The van der Waals surface area contributed by atoms with Gasteiger partial charge in [0.15, 0.2) is 0 Å². The topological polar surface area (TPSA) is 75.1 Å². The third-order valence-corrected chi connectivity index (χ3v) is 4.97. The Morgan fingerprint density at radius 2 is 1.34 bits per heavy atom. The van der Waals surface area contributed by atoms with Gasteiger partial charge in [-0.2, -0.15) is 5.26 Å². The molecule has 3 aromatic carbocycles. The van der Waals surface area contributed by atoms with Crippen molar-refractivity contribution in [2.75, 3.05) is 0 Å². The van der Waals surface area contributed by atoms with E-state index in [1.54, 1.807) is 13.0 Å². The van der Waals surface area contributed by atoms with Crippen LogP contribution in [-0.2, 0) is 13.2 Å². The van der Waals surface area contributed by atoms with Crippen molar-refractivity contribution in [1.29, 1.82) is 5.26 Å². The molecular weight excluding hydrogens is 400 g/mol. The zero-order chi connectivity index (χ0) is 22.3. The second-order valence-corrected chi connectivity index (χ2v) is 7.42. The van der Waals surface area contributed by atoms with Crippen LogP contribution >= 0.6 is 0 Å². The highest BCUT2D eigenvalue weighted by Gasteiger charge is 2.13. The summed E-state index contributed by atoms with van der Waals surface area (Å²) in [5.41, 5.74) is 3.62. The summed E-state index contributed by atoms with van der Waals surface area (Å²) in [6.45, 7) is 2.57. The van der Waals surface area contributed by atoms with E-state index in [4.69, 9.17) is 9.47 Å². The number of rotatable bonds is 7. The molecule has 1 heterocycles. The molecule has 4 rings (SSSR count). The first-order valence-corrected chi connectivity index (χ1v) is 10.3. The average molecular weight is 422 g/mol. The quantitative estimate of drug-likeness (QED) is 0.434. The molecule has 1 N–H and O–H groups in total. The highest BCUT2D eigenvalue weighted by atomic mass is 16.5. The Morgan fingerprint density at radius 1 is 0.812 bits per heavy atom. The van der Waals surface area contributed by atoms with E-state index in [9.17, 15) is 10.1 Å². The lowest BCUT2D eigenvalue weighted by Crippen LogP contribution is -2.12. The molecule has 158 valence electrons. The molecule has 0 aliphatic rings. The van der Waals surface area contributed by atoms with Crippen LogP contribution in [0, 0.1) is 18.3 Å². The predicted octanol–water partition coefficient (Wildman–Crippen LogP) is 5.38. The number of H-pyrrole nitrogens is 1. The van der Waals surface area contributed by atoms with Gasteiger partial charge in [-0.15, -0.1) is 0 Å². The van der Waals surface area contributed by atoms with Crippen LogP contribution in [0.3, 0.4) is 0 Å². The Morgan fingerprint density at radius 3 is 1.84 bits per heavy atom. The van der Waals surface area contributed by atoms with Crippen LogP contribution in [0.4, 0.5) is 0 Å². The lowest BCUT2D eigenvalue weighted by atomic mass is 10.0. The molecule has 0 saturated carbocycles. The van der Waals surface area contributed by atoms with Crippen molar-refractivity contribution in [3.63, 3.8) is 0 Å². The van der Waals surface area contributed by atoms with Crippen molar-refractivity contribution in [2.45, 2.75) is 20.1 Å². The van der Waals surface area contributed by atoms with E-state index in [1.807, 2.05) is 84.9 Å². The van der Waals surface area contributed by atoms with Crippen LogP contribution in [0.5, 0.6) is 11.5 Å². The first kappa shape index (κ1) is 21.0. The molecule has 0 fully saturated rings. The summed E-state index contributed by atoms with van der Waals surface area (Å²) >= 11 is 0. The molecule has 5 nitrogen and oxygen atoms in total. The number of nitriles is 1. The molecule has 0 radical (unpaired) electrons. The van der Waals surface area contributed by atoms with E-state index in [1.165, 1.54) is 0 Å². The molecule has 0 bridgehead atoms. The highest BCUT2D eigenvalue weighted by molar-refractivity contribution is 5.73. The fraction of sp³-hybridized carbons (Fsp3) is 0.111. The van der Waals surface area contributed by atoms with Crippen LogP contribution in [0.25, 0.3) is 11.1 Å². The van der Waals surface area contributed by atoms with Gasteiger partial charge in [-0.1, -0.05) is 60.7 Å². The summed E-state index contributed by atoms with van der Waals surface area (Å²) in [5, 5.41) is 9.56. The van der Waals surface area contributed by atoms with Crippen LogP contribution in [-0.4, -0.2) is 4.98 Å². The van der Waals surface area contributed by atoms with Gasteiger partial charge >= 0.3 is 0 Å². The van der Waals surface area contributed by atoms with E-state index in [0.29, 0.717) is 41.5 Å². The fourth-order valence-corrected chi connectivity index (χ4v) is 3.40. The lowest BCUT2D eigenvalue weighted by Gasteiger charge is -2.14. The number of pyridine rings is 1. The van der Waals surface area contributed by atoms with Crippen molar-refractivity contribution in [3.05, 3.63) is 118 Å². The van der Waals surface area contributed by atoms with Gasteiger partial charge in [0.2, 0.25) is 0 Å². The summed E-state index contributed by atoms with van der Waals surface area (Å²) in [5.74, 6) is 1.19. The smallest absolute Gasteiger partial charge is 0.266 e. The van der Waals surface area contributed by atoms with Gasteiger partial charge in [-0.25, -0.2) is 0 Å². The Kier molecular flexibility index (Phi) is 6.33. The number of benzene rings is 3. The minimum Gasteiger partial charge on any atom is -0.489 e. The minimum atomic E-state index is -0.412. The second-order valence-electron chi connectivity index (χ2n) is 7.42. The molecular formula is C27H22N2O3. The molecule has 0 saturated heterocycles. The standard InChI is InChI=1S/C27H22N2O3/c1-19-12-25(26(16-28)27(30)29-19)22-13-23(31-17-20-8-4-2-5-9-20)15-24(14-22)32-18-21-10-6-3-7-11-21/h2-15H,17-18H2,1H3,(H,29,30). The average Bonchev–Trinajstić information content (AvgIpc) is 2.82. The molecule has 4 aromatic rings. The molecule has 0 spiro atoms. The highest BCUT2D eigenvalue weighted by Crippen LogP contribution is 2.32. The Hall–Kier alpha value is -4.30. The van der Waals surface area contributed by atoms with Gasteiger partial charge in [-0.05, 0) is 41.8 Å². The van der Waals surface area contributed by atoms with E-state index in [0.717, 1.165) is 11.1 Å². The van der Waals surface area contributed by atoms with Gasteiger partial charge in [-0.3, -0.25) is 4.79 Å². The monoisotopic (exact) mass is 422 g/mol. The Balaban J connectivity index is 1.70. The molecule has 5 heteroatoms. The number of nitrogens with zero attached hydrogens (tertiary/aromatic N) is 1. The third kappa shape index (κ3) is 5.05. The number of aromatic amines is 1. The van der Waals surface area contributed by atoms with Crippen molar-refractivity contribution in [1.82, 2.24) is 4.98 Å². The zero-order valence-corrected chi connectivity index (χ0v) is 17.7. The maximum atomic E-state index is 12.3. The maximum Gasteiger partial charge on any atom is 0.266 e. The van der Waals surface area contributed by atoms with Gasteiger partial charge in [0, 0.05) is 17.3 Å². The van der Waals surface area contributed by atoms with Crippen molar-refractivity contribution < 1.29 is 9.47 Å². The van der Waals surface area contributed by atoms with Crippen LogP contribution in [0.2, 0.25) is 0 Å². The minimum absolute atomic E-state index is 0.0600. The number of aromatic nitrogens is 1. The summed E-state index contributed by atoms with van der Waals surface area (Å²) in [6, 6.07) is 29.0. The predicted molar refractivity (Wildman–Crippen MR) is 123 cm³/mol. The first-order valence-electron chi connectivity index (χ1n) is 10.3. The molecule has 0 aliphatic carbocycles. The van der Waals surface area contributed by atoms with Crippen LogP contribution in [0.15, 0.2) is 89.7 Å². The first-order chi connectivity index (χ1) is 15.6. The number of hydrogen-bond donors (Lipinski definition) is 1. The molecule has 32 heavy (non-hydrogen) atoms. The maximum absolute atomic E-state index is 12.3. The normalized spacial score (nSPS) is 10.4. The number of aryl methyl sites for hydroxylation is 1. The molecule has 0 unspecified atom stereocenters. The Bertz CT molecular complexity index is 1240. The molecule has 0 aliphatic heterocycles. The summed E-state index contributed by atoms with van der Waals surface area (Å²) in [6.07, 6.45) is 0. The van der Waals surface area contributed by atoms with Gasteiger partial charge < -0.3 is 14.5 Å². The molecule has 0 atom stereocenters. The summed E-state index contributed by atoms with van der Waals surface area (Å²) in [7, 11) is 0. The number of nitrogens with one attached hydrogen (secondary N) is 1. The van der Waals surface area contributed by atoms with Crippen molar-refractivity contribution in [3.8, 4) is 28.7 Å². The lowest BCUT2D eigenvalue weighted by molar-refractivity contribution is 0.290. The van der Waals surface area contributed by atoms with Gasteiger partial charge in [0.25, 0.3) is 5.56 Å². The summed E-state index contributed by atoms with van der Waals surface area (Å²) < 4.78 is 12.1. The van der Waals surface area contributed by atoms with Gasteiger partial charge in [0.1, 0.15) is 36.3 Å². The van der Waals surface area contributed by atoms with Gasteiger partial charge in [0.05, 0.1) is 0 Å². The SMILES string of the molecule is Cc1cc(-c2cc(OCc3ccccc3)cc(OCc3ccccc3)c2)c(C#N)c(=O)[nH]1. The van der Waals surface area contributed by atoms with Crippen molar-refractivity contribution in [2.24, 2.45) is 0 Å².